The highest BCUT2D eigenvalue weighted by Gasteiger charge is 2.26. The minimum atomic E-state index is -3.65. The van der Waals surface area contributed by atoms with Gasteiger partial charge in [-0.05, 0) is 38.5 Å². The van der Waals surface area contributed by atoms with E-state index in [1.54, 1.807) is 45.3 Å². The summed E-state index contributed by atoms with van der Waals surface area (Å²) in [4.78, 5) is 4.01. The third kappa shape index (κ3) is 2.82. The molecule has 0 aliphatic heterocycles. The van der Waals surface area contributed by atoms with Crippen LogP contribution in [0.15, 0.2) is 33.9 Å². The molecule has 19 heavy (non-hydrogen) atoms. The van der Waals surface area contributed by atoms with Gasteiger partial charge in [0.2, 0.25) is 10.0 Å². The van der Waals surface area contributed by atoms with Crippen molar-refractivity contribution in [2.45, 2.75) is 31.7 Å². The molecule has 102 valence electrons. The lowest BCUT2D eigenvalue weighted by atomic mass is 10.1. The van der Waals surface area contributed by atoms with E-state index in [1.165, 1.54) is 0 Å². The monoisotopic (exact) mass is 281 g/mol. The third-order valence-electron chi connectivity index (χ3n) is 2.77. The number of hydrogen-bond donors (Lipinski definition) is 1. The molecule has 2 aromatic rings. The molecule has 1 N–H and O–H groups in total. The lowest BCUT2D eigenvalue weighted by molar-refractivity contribution is 0.390. The molecule has 1 atom stereocenters. The van der Waals surface area contributed by atoms with Gasteiger partial charge in [0, 0.05) is 18.4 Å². The van der Waals surface area contributed by atoms with Crippen molar-refractivity contribution >= 4 is 10.0 Å². The van der Waals surface area contributed by atoms with Crippen LogP contribution in [0.1, 0.15) is 30.0 Å². The van der Waals surface area contributed by atoms with Gasteiger partial charge in [-0.25, -0.2) is 13.1 Å². The molecule has 0 bridgehead atoms. The van der Waals surface area contributed by atoms with Crippen molar-refractivity contribution in [1.29, 1.82) is 0 Å². The first-order valence-corrected chi connectivity index (χ1v) is 7.25. The quantitative estimate of drug-likeness (QED) is 0.922. The number of sulfonamides is 1. The van der Waals surface area contributed by atoms with Crippen LogP contribution in [-0.2, 0) is 10.0 Å². The standard InChI is InChI=1S/C12H15N3O3S/c1-8(11-4-6-13-7-5-11)15-19(16,17)12-9(2)14-18-10(12)3/h4-8,15H,1-3H3/t8-/m0/s1. The van der Waals surface area contributed by atoms with Crippen molar-refractivity contribution in [3.63, 3.8) is 0 Å². The summed E-state index contributed by atoms with van der Waals surface area (Å²) >= 11 is 0. The Morgan fingerprint density at radius 2 is 1.89 bits per heavy atom. The topological polar surface area (TPSA) is 85.1 Å². The SMILES string of the molecule is Cc1noc(C)c1S(=O)(=O)N[C@@H](C)c1ccncc1. The second-order valence-electron chi connectivity index (χ2n) is 4.28. The highest BCUT2D eigenvalue weighted by Crippen LogP contribution is 2.21. The molecular formula is C12H15N3O3S. The minimum absolute atomic E-state index is 0.105. The van der Waals surface area contributed by atoms with Crippen LogP contribution in [0.2, 0.25) is 0 Å². The van der Waals surface area contributed by atoms with E-state index in [2.05, 4.69) is 14.9 Å². The molecule has 0 amide bonds. The van der Waals surface area contributed by atoms with Gasteiger partial charge in [0.05, 0.1) is 0 Å². The van der Waals surface area contributed by atoms with E-state index in [-0.39, 0.29) is 16.7 Å². The predicted octanol–water partition coefficient (Wildman–Crippen LogP) is 1.73. The fourth-order valence-corrected chi connectivity index (χ4v) is 3.43. The summed E-state index contributed by atoms with van der Waals surface area (Å²) in [6.45, 7) is 4.94. The first kappa shape index (κ1) is 13.7. The summed E-state index contributed by atoms with van der Waals surface area (Å²) in [7, 11) is -3.65. The second kappa shape index (κ2) is 5.10. The van der Waals surface area contributed by atoms with E-state index in [0.717, 1.165) is 5.56 Å². The minimum Gasteiger partial charge on any atom is -0.360 e. The van der Waals surface area contributed by atoms with Crippen molar-refractivity contribution in [1.82, 2.24) is 14.9 Å². The number of hydrogen-bond acceptors (Lipinski definition) is 5. The molecular weight excluding hydrogens is 266 g/mol. The van der Waals surface area contributed by atoms with Crippen LogP contribution in [0.5, 0.6) is 0 Å². The summed E-state index contributed by atoms with van der Waals surface area (Å²) in [6.07, 6.45) is 3.24. The number of nitrogens with one attached hydrogen (secondary N) is 1. The molecule has 7 heteroatoms. The van der Waals surface area contributed by atoms with Crippen molar-refractivity contribution in [2.24, 2.45) is 0 Å². The first-order valence-electron chi connectivity index (χ1n) is 5.77. The Kier molecular flexibility index (Phi) is 3.68. The summed E-state index contributed by atoms with van der Waals surface area (Å²) in [6, 6.07) is 3.17. The van der Waals surface area contributed by atoms with Crippen LogP contribution in [0, 0.1) is 13.8 Å². The molecule has 2 aromatic heterocycles. The Morgan fingerprint density at radius 3 is 2.42 bits per heavy atom. The molecule has 0 aliphatic rings. The van der Waals surface area contributed by atoms with Gasteiger partial charge in [-0.15, -0.1) is 0 Å². The fourth-order valence-electron chi connectivity index (χ4n) is 1.87. The average molecular weight is 281 g/mol. The molecule has 0 aliphatic carbocycles. The second-order valence-corrected chi connectivity index (χ2v) is 5.93. The highest BCUT2D eigenvalue weighted by atomic mass is 32.2. The number of aryl methyl sites for hydroxylation is 2. The maximum absolute atomic E-state index is 12.3. The van der Waals surface area contributed by atoms with E-state index >= 15 is 0 Å². The zero-order valence-electron chi connectivity index (χ0n) is 10.9. The van der Waals surface area contributed by atoms with E-state index in [9.17, 15) is 8.42 Å². The van der Waals surface area contributed by atoms with Gasteiger partial charge < -0.3 is 4.52 Å². The Balaban J connectivity index is 2.28. The number of rotatable bonds is 4. The van der Waals surface area contributed by atoms with E-state index in [4.69, 9.17) is 4.52 Å². The number of nitrogens with zero attached hydrogens (tertiary/aromatic N) is 2. The Morgan fingerprint density at radius 1 is 1.26 bits per heavy atom. The smallest absolute Gasteiger partial charge is 0.246 e. The molecule has 0 saturated carbocycles. The first-order chi connectivity index (χ1) is 8.92. The van der Waals surface area contributed by atoms with E-state index in [0.29, 0.717) is 5.69 Å². The van der Waals surface area contributed by atoms with E-state index < -0.39 is 10.0 Å². The van der Waals surface area contributed by atoms with E-state index in [1.807, 2.05) is 0 Å². The summed E-state index contributed by atoms with van der Waals surface area (Å²) < 4.78 is 32.1. The van der Waals surface area contributed by atoms with Crippen LogP contribution in [0.4, 0.5) is 0 Å². The number of pyridine rings is 1. The van der Waals surface area contributed by atoms with Gasteiger partial charge in [-0.3, -0.25) is 4.98 Å². The van der Waals surface area contributed by atoms with Crippen LogP contribution in [-0.4, -0.2) is 18.6 Å². The summed E-state index contributed by atoms with van der Waals surface area (Å²) in [5.41, 5.74) is 1.19. The Bertz CT molecular complexity index is 645. The lowest BCUT2D eigenvalue weighted by Crippen LogP contribution is -2.27. The molecule has 0 radical (unpaired) electrons. The molecule has 0 aromatic carbocycles. The Labute approximate surface area is 111 Å². The summed E-state index contributed by atoms with van der Waals surface area (Å²) in [5, 5.41) is 3.66. The lowest BCUT2D eigenvalue weighted by Gasteiger charge is -2.14. The molecule has 2 rings (SSSR count). The average Bonchev–Trinajstić information content (AvgIpc) is 2.70. The van der Waals surface area contributed by atoms with Gasteiger partial charge in [-0.1, -0.05) is 5.16 Å². The number of aromatic nitrogens is 2. The van der Waals surface area contributed by atoms with Crippen LogP contribution >= 0.6 is 0 Å². The van der Waals surface area contributed by atoms with Crippen molar-refractivity contribution in [3.8, 4) is 0 Å². The maximum atomic E-state index is 12.3. The van der Waals surface area contributed by atoms with Crippen molar-refractivity contribution < 1.29 is 12.9 Å². The van der Waals surface area contributed by atoms with Crippen molar-refractivity contribution in [3.05, 3.63) is 41.5 Å². The molecule has 2 heterocycles. The molecule has 6 nitrogen and oxygen atoms in total. The van der Waals surface area contributed by atoms with Gasteiger partial charge >= 0.3 is 0 Å². The van der Waals surface area contributed by atoms with Gasteiger partial charge in [0.15, 0.2) is 5.76 Å². The molecule has 0 saturated heterocycles. The summed E-state index contributed by atoms with van der Waals surface area (Å²) in [5.74, 6) is 0.284. The van der Waals surface area contributed by atoms with Gasteiger partial charge in [0.25, 0.3) is 0 Å². The van der Waals surface area contributed by atoms with Gasteiger partial charge in [0.1, 0.15) is 10.6 Å². The zero-order chi connectivity index (χ0) is 14.0. The fraction of sp³-hybridized carbons (Fsp3) is 0.333. The Hall–Kier alpha value is -1.73. The maximum Gasteiger partial charge on any atom is 0.246 e. The van der Waals surface area contributed by atoms with Crippen molar-refractivity contribution in [2.75, 3.05) is 0 Å². The largest absolute Gasteiger partial charge is 0.360 e. The predicted molar refractivity (Wildman–Crippen MR) is 69.0 cm³/mol. The zero-order valence-corrected chi connectivity index (χ0v) is 11.7. The van der Waals surface area contributed by atoms with Crippen LogP contribution < -0.4 is 4.72 Å². The molecule has 0 unspecified atom stereocenters. The van der Waals surface area contributed by atoms with Crippen LogP contribution in [0.3, 0.4) is 0 Å². The normalized spacial score (nSPS) is 13.4. The third-order valence-corrected chi connectivity index (χ3v) is 4.56. The van der Waals surface area contributed by atoms with Gasteiger partial charge in [-0.2, -0.15) is 0 Å². The molecule has 0 spiro atoms. The molecule has 0 fully saturated rings. The highest BCUT2D eigenvalue weighted by molar-refractivity contribution is 7.89. The van der Waals surface area contributed by atoms with Crippen LogP contribution in [0.25, 0.3) is 0 Å².